The van der Waals surface area contributed by atoms with Gasteiger partial charge in [0.1, 0.15) is 12.7 Å². The first-order valence-electron chi connectivity index (χ1n) is 8.00. The van der Waals surface area contributed by atoms with Crippen LogP contribution in [0.3, 0.4) is 0 Å². The molecule has 1 amide bonds. The largest absolute Gasteiger partial charge is 0.345 e. The highest BCUT2D eigenvalue weighted by Gasteiger charge is 2.25. The van der Waals surface area contributed by atoms with Crippen molar-refractivity contribution < 1.29 is 4.79 Å². The Labute approximate surface area is 136 Å². The highest BCUT2D eigenvalue weighted by molar-refractivity contribution is 5.94. The molecule has 6 nitrogen and oxygen atoms in total. The predicted molar refractivity (Wildman–Crippen MR) is 87.9 cm³/mol. The predicted octanol–water partition coefficient (Wildman–Crippen LogP) is 1.64. The minimum Gasteiger partial charge on any atom is -0.345 e. The van der Waals surface area contributed by atoms with Crippen LogP contribution in [-0.4, -0.2) is 57.2 Å². The molecule has 0 N–H and O–H groups in total. The van der Waals surface area contributed by atoms with Crippen molar-refractivity contribution in [3.8, 4) is 0 Å². The van der Waals surface area contributed by atoms with Gasteiger partial charge in [-0.15, -0.1) is 0 Å². The lowest BCUT2D eigenvalue weighted by Gasteiger charge is -2.24. The molecule has 0 bridgehead atoms. The fourth-order valence-electron chi connectivity index (χ4n) is 3.15. The van der Waals surface area contributed by atoms with Gasteiger partial charge in [-0.3, -0.25) is 14.4 Å². The van der Waals surface area contributed by atoms with Crippen molar-refractivity contribution in [2.75, 3.05) is 20.6 Å². The summed E-state index contributed by atoms with van der Waals surface area (Å²) < 4.78 is 1.90. The Morgan fingerprint density at radius 2 is 2.26 bits per heavy atom. The first-order chi connectivity index (χ1) is 11.1. The average Bonchev–Trinajstić information content (AvgIpc) is 3.20. The van der Waals surface area contributed by atoms with E-state index in [-0.39, 0.29) is 5.91 Å². The van der Waals surface area contributed by atoms with Crippen molar-refractivity contribution in [3.05, 3.63) is 48.0 Å². The molecule has 0 spiro atoms. The maximum Gasteiger partial charge on any atom is 0.253 e. The fourth-order valence-corrected chi connectivity index (χ4v) is 3.15. The Kier molecular flexibility index (Phi) is 4.71. The quantitative estimate of drug-likeness (QED) is 0.842. The lowest BCUT2D eigenvalue weighted by Crippen LogP contribution is -2.32. The number of carbonyl (C=O) groups is 1. The number of nitrogens with zero attached hydrogens (tertiary/aromatic N) is 5. The third kappa shape index (κ3) is 3.76. The summed E-state index contributed by atoms with van der Waals surface area (Å²) in [7, 11) is 3.56. The molecule has 1 aromatic heterocycles. The molecule has 1 saturated heterocycles. The van der Waals surface area contributed by atoms with Gasteiger partial charge in [-0.1, -0.05) is 12.1 Å². The zero-order valence-electron chi connectivity index (χ0n) is 13.7. The van der Waals surface area contributed by atoms with Crippen LogP contribution in [0.2, 0.25) is 0 Å². The SMILES string of the molecule is CN(C)C(=O)c1cccc(CN2CCCC2Cn2cncn2)c1. The Morgan fingerprint density at radius 1 is 1.39 bits per heavy atom. The van der Waals surface area contributed by atoms with Crippen LogP contribution in [-0.2, 0) is 13.1 Å². The van der Waals surface area contributed by atoms with Crippen LogP contribution in [0.1, 0.15) is 28.8 Å². The fraction of sp³-hybridized carbons (Fsp3) is 0.471. The van der Waals surface area contributed by atoms with E-state index in [0.29, 0.717) is 6.04 Å². The van der Waals surface area contributed by atoms with Gasteiger partial charge in [0.2, 0.25) is 0 Å². The molecular formula is C17H23N5O. The summed E-state index contributed by atoms with van der Waals surface area (Å²) in [6.45, 7) is 2.83. The molecule has 0 aliphatic carbocycles. The first kappa shape index (κ1) is 15.7. The van der Waals surface area contributed by atoms with E-state index in [9.17, 15) is 4.79 Å². The van der Waals surface area contributed by atoms with E-state index >= 15 is 0 Å². The van der Waals surface area contributed by atoms with Crippen molar-refractivity contribution in [1.82, 2.24) is 24.6 Å². The van der Waals surface area contributed by atoms with Gasteiger partial charge in [-0.25, -0.2) is 4.98 Å². The van der Waals surface area contributed by atoms with Gasteiger partial charge < -0.3 is 4.90 Å². The van der Waals surface area contributed by atoms with E-state index in [0.717, 1.165) is 25.2 Å². The third-order valence-electron chi connectivity index (χ3n) is 4.33. The van der Waals surface area contributed by atoms with Crippen LogP contribution < -0.4 is 0 Å². The molecule has 2 aromatic rings. The van der Waals surface area contributed by atoms with Gasteiger partial charge in [-0.2, -0.15) is 5.10 Å². The average molecular weight is 313 g/mol. The maximum absolute atomic E-state index is 12.1. The van der Waals surface area contributed by atoms with Crippen LogP contribution in [0.5, 0.6) is 0 Å². The number of hydrogen-bond acceptors (Lipinski definition) is 4. The van der Waals surface area contributed by atoms with Gasteiger partial charge in [0.25, 0.3) is 5.91 Å². The molecule has 1 unspecified atom stereocenters. The number of aromatic nitrogens is 3. The molecule has 1 aliphatic rings. The zero-order valence-corrected chi connectivity index (χ0v) is 13.7. The lowest BCUT2D eigenvalue weighted by atomic mass is 10.1. The molecule has 122 valence electrons. The number of rotatable bonds is 5. The Bertz CT molecular complexity index is 653. The van der Waals surface area contributed by atoms with Crippen molar-refractivity contribution >= 4 is 5.91 Å². The van der Waals surface area contributed by atoms with Crippen LogP contribution in [0, 0.1) is 0 Å². The Balaban J connectivity index is 1.68. The first-order valence-corrected chi connectivity index (χ1v) is 8.00. The van der Waals surface area contributed by atoms with E-state index in [1.54, 1.807) is 31.6 Å². The monoisotopic (exact) mass is 313 g/mol. The Hall–Kier alpha value is -2.21. The highest BCUT2D eigenvalue weighted by atomic mass is 16.2. The molecule has 1 fully saturated rings. The minimum atomic E-state index is 0.0486. The highest BCUT2D eigenvalue weighted by Crippen LogP contribution is 2.21. The molecule has 3 rings (SSSR count). The van der Waals surface area contributed by atoms with Gasteiger partial charge in [0.15, 0.2) is 0 Å². The summed E-state index contributed by atoms with van der Waals surface area (Å²) >= 11 is 0. The maximum atomic E-state index is 12.1. The van der Waals surface area contributed by atoms with Crippen molar-refractivity contribution in [3.63, 3.8) is 0 Å². The zero-order chi connectivity index (χ0) is 16.2. The molecule has 0 radical (unpaired) electrons. The topological polar surface area (TPSA) is 54.3 Å². The normalized spacial score (nSPS) is 18.3. The number of hydrogen-bond donors (Lipinski definition) is 0. The summed E-state index contributed by atoms with van der Waals surface area (Å²) in [6.07, 6.45) is 5.73. The summed E-state index contributed by atoms with van der Waals surface area (Å²) in [4.78, 5) is 20.2. The summed E-state index contributed by atoms with van der Waals surface area (Å²) in [5, 5.41) is 4.21. The molecule has 2 heterocycles. The molecule has 23 heavy (non-hydrogen) atoms. The van der Waals surface area contributed by atoms with E-state index in [4.69, 9.17) is 0 Å². The van der Waals surface area contributed by atoms with E-state index in [1.807, 2.05) is 22.9 Å². The molecular weight excluding hydrogens is 290 g/mol. The van der Waals surface area contributed by atoms with Crippen LogP contribution in [0.25, 0.3) is 0 Å². The Morgan fingerprint density at radius 3 is 3.00 bits per heavy atom. The van der Waals surface area contributed by atoms with E-state index < -0.39 is 0 Å². The molecule has 1 aliphatic heterocycles. The second-order valence-corrected chi connectivity index (χ2v) is 6.28. The van der Waals surface area contributed by atoms with Crippen LogP contribution >= 0.6 is 0 Å². The lowest BCUT2D eigenvalue weighted by molar-refractivity contribution is 0.0827. The smallest absolute Gasteiger partial charge is 0.253 e. The molecule has 1 aromatic carbocycles. The van der Waals surface area contributed by atoms with Gasteiger partial charge >= 0.3 is 0 Å². The van der Waals surface area contributed by atoms with Crippen LogP contribution in [0.4, 0.5) is 0 Å². The number of benzene rings is 1. The van der Waals surface area contributed by atoms with E-state index in [2.05, 4.69) is 21.0 Å². The molecule has 0 saturated carbocycles. The minimum absolute atomic E-state index is 0.0486. The van der Waals surface area contributed by atoms with Gasteiger partial charge in [-0.05, 0) is 37.1 Å². The third-order valence-corrected chi connectivity index (χ3v) is 4.33. The second-order valence-electron chi connectivity index (χ2n) is 6.28. The summed E-state index contributed by atoms with van der Waals surface area (Å²) in [5.74, 6) is 0.0486. The van der Waals surface area contributed by atoms with Crippen molar-refractivity contribution in [1.29, 1.82) is 0 Å². The summed E-state index contributed by atoms with van der Waals surface area (Å²) in [5.41, 5.74) is 1.93. The van der Waals surface area contributed by atoms with Crippen molar-refractivity contribution in [2.45, 2.75) is 32.0 Å². The van der Waals surface area contributed by atoms with Crippen LogP contribution in [0.15, 0.2) is 36.9 Å². The molecule has 1 atom stereocenters. The summed E-state index contributed by atoms with van der Waals surface area (Å²) in [6, 6.07) is 8.42. The number of carbonyl (C=O) groups excluding carboxylic acids is 1. The standard InChI is InChI=1S/C17H23N5O/c1-20(2)17(23)15-6-3-5-14(9-15)10-21-8-4-7-16(21)11-22-13-18-12-19-22/h3,5-6,9,12-13,16H,4,7-8,10-11H2,1-2H3. The van der Waals surface area contributed by atoms with Gasteiger partial charge in [0, 0.05) is 32.2 Å². The van der Waals surface area contributed by atoms with E-state index in [1.165, 1.54) is 18.4 Å². The van der Waals surface area contributed by atoms with Gasteiger partial charge in [0.05, 0.1) is 6.54 Å². The molecule has 6 heteroatoms. The van der Waals surface area contributed by atoms with Crippen molar-refractivity contribution in [2.24, 2.45) is 0 Å². The number of likely N-dealkylation sites (tertiary alicyclic amines) is 1. The number of amides is 1. The second kappa shape index (κ2) is 6.91.